The summed E-state index contributed by atoms with van der Waals surface area (Å²) in [5.41, 5.74) is 4.89. The summed E-state index contributed by atoms with van der Waals surface area (Å²) in [5, 5.41) is 8.38. The van der Waals surface area contributed by atoms with Crippen LogP contribution in [0.3, 0.4) is 0 Å². The quantitative estimate of drug-likeness (QED) is 0.700. The highest BCUT2D eigenvalue weighted by Gasteiger charge is 2.22. The fourth-order valence-electron chi connectivity index (χ4n) is 3.45. The summed E-state index contributed by atoms with van der Waals surface area (Å²) in [7, 11) is 0. The summed E-state index contributed by atoms with van der Waals surface area (Å²) in [4.78, 5) is 1.62. The van der Waals surface area contributed by atoms with Crippen LogP contribution in [0.15, 0.2) is 42.5 Å². The number of halogens is 1. The fourth-order valence-corrected chi connectivity index (χ4v) is 3.86. The molecule has 5 heteroatoms. The van der Waals surface area contributed by atoms with Crippen molar-refractivity contribution >= 4 is 34.6 Å². The number of hydrogen-bond donors (Lipinski definition) is 3. The van der Waals surface area contributed by atoms with E-state index >= 15 is 0 Å². The van der Waals surface area contributed by atoms with Crippen LogP contribution in [0.5, 0.6) is 0 Å². The van der Waals surface area contributed by atoms with Crippen LogP contribution in [0, 0.1) is 13.8 Å². The molecule has 2 aromatic rings. The molecule has 3 N–H and O–H groups in total. The summed E-state index contributed by atoms with van der Waals surface area (Å²) in [6.45, 7) is 7.58. The van der Waals surface area contributed by atoms with E-state index in [0.717, 1.165) is 48.3 Å². The van der Waals surface area contributed by atoms with E-state index in [9.17, 15) is 0 Å². The topological polar surface area (TPSA) is 28.5 Å². The SMILES string of the molecule is Cc1ccc(C)c(NC(=S)NC2CC[NH+](Cc3ccc(Cl)cc3)CC2)c1. The van der Waals surface area contributed by atoms with Crippen LogP contribution >= 0.6 is 23.8 Å². The first-order valence-corrected chi connectivity index (χ1v) is 10.0. The molecule has 1 heterocycles. The van der Waals surface area contributed by atoms with Crippen molar-refractivity contribution in [2.45, 2.75) is 39.3 Å². The summed E-state index contributed by atoms with van der Waals surface area (Å²) >= 11 is 11.5. The first kappa shape index (κ1) is 19.2. The van der Waals surface area contributed by atoms with Crippen molar-refractivity contribution in [1.82, 2.24) is 5.32 Å². The van der Waals surface area contributed by atoms with Crippen molar-refractivity contribution in [2.75, 3.05) is 18.4 Å². The highest BCUT2D eigenvalue weighted by Crippen LogP contribution is 2.16. The van der Waals surface area contributed by atoms with Crippen molar-refractivity contribution < 1.29 is 4.90 Å². The van der Waals surface area contributed by atoms with E-state index in [0.29, 0.717) is 6.04 Å². The number of piperidine rings is 1. The second kappa shape index (κ2) is 8.85. The number of hydrogen-bond acceptors (Lipinski definition) is 1. The highest BCUT2D eigenvalue weighted by molar-refractivity contribution is 7.80. The first-order chi connectivity index (χ1) is 12.5. The van der Waals surface area contributed by atoms with Crippen LogP contribution in [0.1, 0.15) is 29.5 Å². The molecule has 0 amide bonds. The zero-order valence-corrected chi connectivity index (χ0v) is 17.0. The molecule has 0 unspecified atom stereocenters. The predicted molar refractivity (Wildman–Crippen MR) is 114 cm³/mol. The van der Waals surface area contributed by atoms with Crippen molar-refractivity contribution in [1.29, 1.82) is 0 Å². The minimum atomic E-state index is 0.453. The lowest BCUT2D eigenvalue weighted by Crippen LogP contribution is -3.12. The van der Waals surface area contributed by atoms with E-state index in [1.807, 2.05) is 12.1 Å². The van der Waals surface area contributed by atoms with Gasteiger partial charge in [0.05, 0.1) is 13.1 Å². The highest BCUT2D eigenvalue weighted by atomic mass is 35.5. The van der Waals surface area contributed by atoms with E-state index in [1.54, 1.807) is 4.90 Å². The van der Waals surface area contributed by atoms with Gasteiger partial charge in [-0.3, -0.25) is 0 Å². The molecule has 0 bridgehead atoms. The summed E-state index contributed by atoms with van der Waals surface area (Å²) in [6.07, 6.45) is 2.27. The van der Waals surface area contributed by atoms with E-state index in [4.69, 9.17) is 23.8 Å². The van der Waals surface area contributed by atoms with Gasteiger partial charge in [0.1, 0.15) is 6.54 Å². The van der Waals surface area contributed by atoms with Crippen molar-refractivity contribution in [2.24, 2.45) is 0 Å². The average molecular weight is 389 g/mol. The Morgan fingerprint density at radius 2 is 1.81 bits per heavy atom. The Kier molecular flexibility index (Phi) is 6.52. The Labute approximate surface area is 166 Å². The van der Waals surface area contributed by atoms with Gasteiger partial charge in [-0.25, -0.2) is 0 Å². The molecular formula is C21H27ClN3S+. The Balaban J connectivity index is 1.45. The van der Waals surface area contributed by atoms with Gasteiger partial charge < -0.3 is 15.5 Å². The van der Waals surface area contributed by atoms with Gasteiger partial charge >= 0.3 is 0 Å². The number of benzene rings is 2. The minimum Gasteiger partial charge on any atom is -0.359 e. The second-order valence-electron chi connectivity index (χ2n) is 7.24. The molecule has 0 radical (unpaired) electrons. The third kappa shape index (κ3) is 5.44. The third-order valence-electron chi connectivity index (χ3n) is 5.04. The van der Waals surface area contributed by atoms with Crippen LogP contribution in [-0.2, 0) is 6.54 Å². The van der Waals surface area contributed by atoms with Crippen LogP contribution < -0.4 is 15.5 Å². The van der Waals surface area contributed by atoms with Crippen LogP contribution in [0.2, 0.25) is 5.02 Å². The molecule has 1 aliphatic rings. The van der Waals surface area contributed by atoms with Gasteiger partial charge in [-0.15, -0.1) is 0 Å². The molecule has 1 saturated heterocycles. The molecule has 0 atom stereocenters. The lowest BCUT2D eigenvalue weighted by Gasteiger charge is -2.30. The van der Waals surface area contributed by atoms with Gasteiger partial charge in [0.2, 0.25) is 0 Å². The molecule has 0 aliphatic carbocycles. The molecule has 0 spiro atoms. The smallest absolute Gasteiger partial charge is 0.171 e. The zero-order valence-electron chi connectivity index (χ0n) is 15.4. The molecule has 0 aromatic heterocycles. The number of nitrogens with one attached hydrogen (secondary N) is 3. The normalized spacial score (nSPS) is 19.8. The van der Waals surface area contributed by atoms with Gasteiger partial charge in [-0.2, -0.15) is 0 Å². The van der Waals surface area contributed by atoms with Crippen molar-refractivity contribution in [3.05, 3.63) is 64.2 Å². The monoisotopic (exact) mass is 388 g/mol. The van der Waals surface area contributed by atoms with Gasteiger partial charge in [0.25, 0.3) is 0 Å². The fraction of sp³-hybridized carbons (Fsp3) is 0.381. The maximum Gasteiger partial charge on any atom is 0.171 e. The van der Waals surface area contributed by atoms with Gasteiger partial charge in [0, 0.05) is 35.2 Å². The van der Waals surface area contributed by atoms with Crippen LogP contribution in [-0.4, -0.2) is 24.2 Å². The van der Waals surface area contributed by atoms with Crippen molar-refractivity contribution in [3.8, 4) is 0 Å². The number of quaternary nitrogens is 1. The molecular weight excluding hydrogens is 362 g/mol. The van der Waals surface area contributed by atoms with Crippen LogP contribution in [0.25, 0.3) is 0 Å². The predicted octanol–water partition coefficient (Wildman–Crippen LogP) is 3.49. The average Bonchev–Trinajstić information content (AvgIpc) is 2.62. The molecule has 26 heavy (non-hydrogen) atoms. The Hall–Kier alpha value is -1.62. The summed E-state index contributed by atoms with van der Waals surface area (Å²) < 4.78 is 0. The maximum atomic E-state index is 5.97. The number of anilines is 1. The summed E-state index contributed by atoms with van der Waals surface area (Å²) in [6, 6.07) is 15.0. The lowest BCUT2D eigenvalue weighted by atomic mass is 10.0. The van der Waals surface area contributed by atoms with E-state index < -0.39 is 0 Å². The zero-order chi connectivity index (χ0) is 18.5. The van der Waals surface area contributed by atoms with Gasteiger partial charge in [-0.1, -0.05) is 35.9 Å². The molecule has 3 rings (SSSR count). The molecule has 0 saturated carbocycles. The number of thiocarbonyl (C=S) groups is 1. The summed E-state index contributed by atoms with van der Waals surface area (Å²) in [5.74, 6) is 0. The van der Waals surface area contributed by atoms with E-state index in [1.165, 1.54) is 16.7 Å². The van der Waals surface area contributed by atoms with Crippen molar-refractivity contribution in [3.63, 3.8) is 0 Å². The number of rotatable bonds is 4. The first-order valence-electron chi connectivity index (χ1n) is 9.22. The molecule has 1 aliphatic heterocycles. The van der Waals surface area contributed by atoms with E-state index in [-0.39, 0.29) is 0 Å². The lowest BCUT2D eigenvalue weighted by molar-refractivity contribution is -0.918. The maximum absolute atomic E-state index is 5.97. The second-order valence-corrected chi connectivity index (χ2v) is 8.09. The Bertz CT molecular complexity index is 752. The molecule has 3 nitrogen and oxygen atoms in total. The largest absolute Gasteiger partial charge is 0.359 e. The number of aryl methyl sites for hydroxylation is 2. The Morgan fingerprint density at radius 1 is 1.12 bits per heavy atom. The molecule has 138 valence electrons. The number of likely N-dealkylation sites (tertiary alicyclic amines) is 1. The van der Waals surface area contributed by atoms with Crippen LogP contribution in [0.4, 0.5) is 5.69 Å². The van der Waals surface area contributed by atoms with E-state index in [2.05, 4.69) is 54.8 Å². The Morgan fingerprint density at radius 3 is 2.50 bits per heavy atom. The standard InChI is InChI=1S/C21H26ClN3S/c1-15-3-4-16(2)20(13-15)24-21(26)23-19-9-11-25(12-10-19)14-17-5-7-18(22)8-6-17/h3-8,13,19H,9-12,14H2,1-2H3,(H2,23,24,26)/p+1. The third-order valence-corrected chi connectivity index (χ3v) is 5.51. The molecule has 1 fully saturated rings. The molecule has 2 aromatic carbocycles. The van der Waals surface area contributed by atoms with Gasteiger partial charge in [0.15, 0.2) is 5.11 Å². The minimum absolute atomic E-state index is 0.453. The van der Waals surface area contributed by atoms with Gasteiger partial charge in [-0.05, 0) is 55.4 Å².